The van der Waals surface area contributed by atoms with Gasteiger partial charge in [0.15, 0.2) is 0 Å². The van der Waals surface area contributed by atoms with E-state index < -0.39 is 0 Å². The fourth-order valence-electron chi connectivity index (χ4n) is 0.909. The quantitative estimate of drug-likeness (QED) is 0.595. The normalized spacial score (nSPS) is 9.91. The Bertz CT molecular complexity index is 322. The molecule has 60 valence electrons. The van der Waals surface area contributed by atoms with Gasteiger partial charge in [0.05, 0.1) is 5.69 Å². The van der Waals surface area contributed by atoms with Crippen LogP contribution in [0.15, 0.2) is 17.4 Å². The maximum atomic E-state index is 10.8. The Kier molecular flexibility index (Phi) is 1.85. The molecule has 4 nitrogen and oxygen atoms in total. The molecule has 1 heterocycles. The summed E-state index contributed by atoms with van der Waals surface area (Å²) in [6, 6.07) is 0. The van der Waals surface area contributed by atoms with Crippen molar-refractivity contribution in [1.29, 1.82) is 0 Å². The van der Waals surface area contributed by atoms with Crippen LogP contribution in [0, 0.1) is 0 Å². The number of nitrogens with one attached hydrogen (secondary N) is 1. The molecule has 0 fully saturated rings. The highest BCUT2D eigenvalue weighted by atomic mass is 16.3. The first-order chi connectivity index (χ1) is 5.16. The maximum Gasteiger partial charge on any atom is 0.328 e. The number of rotatable bonds is 2. The van der Waals surface area contributed by atoms with Gasteiger partial charge in [0.1, 0.15) is 0 Å². The van der Waals surface area contributed by atoms with Crippen molar-refractivity contribution >= 4 is 0 Å². The van der Waals surface area contributed by atoms with Crippen LogP contribution in [0.5, 0.6) is 5.88 Å². The molecule has 0 saturated carbocycles. The number of aromatic amines is 1. The van der Waals surface area contributed by atoms with Crippen molar-refractivity contribution in [3.63, 3.8) is 0 Å². The Morgan fingerprint density at radius 1 is 1.82 bits per heavy atom. The molecule has 2 N–H and O–H groups in total. The van der Waals surface area contributed by atoms with Crippen molar-refractivity contribution in [2.24, 2.45) is 7.05 Å². The maximum absolute atomic E-state index is 10.8. The third kappa shape index (κ3) is 1.19. The second-order valence-corrected chi connectivity index (χ2v) is 2.28. The highest BCUT2D eigenvalue weighted by molar-refractivity contribution is 5.19. The van der Waals surface area contributed by atoms with Crippen LogP contribution in [0.2, 0.25) is 0 Å². The summed E-state index contributed by atoms with van der Waals surface area (Å²) < 4.78 is 1.36. The second-order valence-electron chi connectivity index (χ2n) is 2.28. The summed E-state index contributed by atoms with van der Waals surface area (Å²) in [6.45, 7) is 3.51. The number of nitrogens with zero attached hydrogens (tertiary/aromatic N) is 1. The van der Waals surface area contributed by atoms with E-state index in [4.69, 9.17) is 5.11 Å². The van der Waals surface area contributed by atoms with E-state index in [-0.39, 0.29) is 11.6 Å². The van der Waals surface area contributed by atoms with Crippen molar-refractivity contribution in [2.45, 2.75) is 6.42 Å². The summed E-state index contributed by atoms with van der Waals surface area (Å²) in [5.74, 6) is -0.0719. The first-order valence-corrected chi connectivity index (χ1v) is 3.24. The molecule has 0 aliphatic heterocycles. The Morgan fingerprint density at radius 2 is 2.45 bits per heavy atom. The molecular weight excluding hydrogens is 144 g/mol. The molecular formula is C7H10N2O2. The number of aromatic nitrogens is 2. The van der Waals surface area contributed by atoms with Gasteiger partial charge in [0.25, 0.3) is 0 Å². The van der Waals surface area contributed by atoms with E-state index in [1.54, 1.807) is 13.1 Å². The summed E-state index contributed by atoms with van der Waals surface area (Å²) >= 11 is 0. The minimum absolute atomic E-state index is 0.0719. The van der Waals surface area contributed by atoms with Gasteiger partial charge >= 0.3 is 5.69 Å². The van der Waals surface area contributed by atoms with Crippen LogP contribution >= 0.6 is 0 Å². The largest absolute Gasteiger partial charge is 0.493 e. The smallest absolute Gasteiger partial charge is 0.328 e. The van der Waals surface area contributed by atoms with Crippen molar-refractivity contribution in [3.8, 4) is 5.88 Å². The Labute approximate surface area is 63.8 Å². The molecule has 1 aromatic rings. The summed E-state index contributed by atoms with van der Waals surface area (Å²) in [5.41, 5.74) is 0.254. The van der Waals surface area contributed by atoms with Gasteiger partial charge in [-0.1, -0.05) is 6.08 Å². The predicted octanol–water partition coefficient (Wildman–Crippen LogP) is 0.147. The topological polar surface area (TPSA) is 58.0 Å². The average Bonchev–Trinajstić information content (AvgIpc) is 2.17. The lowest BCUT2D eigenvalue weighted by atomic mass is 10.3. The summed E-state index contributed by atoms with van der Waals surface area (Å²) in [4.78, 5) is 13.1. The highest BCUT2D eigenvalue weighted by Gasteiger charge is 2.06. The van der Waals surface area contributed by atoms with Crippen LogP contribution in [0.4, 0.5) is 0 Å². The van der Waals surface area contributed by atoms with Crippen LogP contribution < -0.4 is 5.69 Å². The van der Waals surface area contributed by atoms with Crippen molar-refractivity contribution in [1.82, 2.24) is 9.55 Å². The number of H-pyrrole nitrogens is 1. The van der Waals surface area contributed by atoms with Crippen LogP contribution in [0.3, 0.4) is 0 Å². The second kappa shape index (κ2) is 2.65. The fraction of sp³-hybridized carbons (Fsp3) is 0.286. The van der Waals surface area contributed by atoms with Gasteiger partial charge in [0, 0.05) is 13.5 Å². The molecule has 0 amide bonds. The number of allylic oxidation sites excluding steroid dienone is 1. The molecule has 0 bridgehead atoms. The summed E-state index contributed by atoms with van der Waals surface area (Å²) in [5, 5.41) is 9.12. The number of aromatic hydroxyl groups is 1. The lowest BCUT2D eigenvalue weighted by Gasteiger charge is -1.95. The van der Waals surface area contributed by atoms with Gasteiger partial charge < -0.3 is 5.11 Å². The minimum Gasteiger partial charge on any atom is -0.493 e. The van der Waals surface area contributed by atoms with Crippen LogP contribution in [-0.4, -0.2) is 14.7 Å². The lowest BCUT2D eigenvalue weighted by molar-refractivity contribution is 0.449. The molecule has 0 unspecified atom stereocenters. The van der Waals surface area contributed by atoms with Crippen molar-refractivity contribution in [2.75, 3.05) is 0 Å². The van der Waals surface area contributed by atoms with Crippen LogP contribution in [0.1, 0.15) is 5.69 Å². The third-order valence-electron chi connectivity index (χ3n) is 1.55. The molecule has 0 aliphatic rings. The monoisotopic (exact) mass is 154 g/mol. The zero-order chi connectivity index (χ0) is 8.43. The van der Waals surface area contributed by atoms with Gasteiger partial charge in [-0.05, 0) is 0 Å². The molecule has 0 atom stereocenters. The molecule has 11 heavy (non-hydrogen) atoms. The SMILES string of the molecule is C=CCc1c(O)[nH]c(=O)n1C. The molecule has 0 aliphatic carbocycles. The van der Waals surface area contributed by atoms with E-state index in [1.807, 2.05) is 0 Å². The third-order valence-corrected chi connectivity index (χ3v) is 1.55. The van der Waals surface area contributed by atoms with Crippen molar-refractivity contribution in [3.05, 3.63) is 28.8 Å². The molecule has 1 rings (SSSR count). The number of hydrogen-bond donors (Lipinski definition) is 2. The Morgan fingerprint density at radius 3 is 2.82 bits per heavy atom. The minimum atomic E-state index is -0.306. The number of imidazole rings is 1. The molecule has 4 heteroatoms. The van der Waals surface area contributed by atoms with Gasteiger partial charge in [-0.25, -0.2) is 4.79 Å². The van der Waals surface area contributed by atoms with Gasteiger partial charge in [-0.2, -0.15) is 0 Å². The first kappa shape index (κ1) is 7.65. The van der Waals surface area contributed by atoms with E-state index in [2.05, 4.69) is 11.6 Å². The first-order valence-electron chi connectivity index (χ1n) is 3.24. The van der Waals surface area contributed by atoms with Crippen molar-refractivity contribution < 1.29 is 5.11 Å². The summed E-state index contributed by atoms with van der Waals surface area (Å²) in [7, 11) is 1.59. The standard InChI is InChI=1S/C7H10N2O2/c1-3-4-5-6(10)8-7(11)9(5)2/h3,10H,1,4H2,2H3,(H,8,11). The van der Waals surface area contributed by atoms with E-state index in [1.165, 1.54) is 4.57 Å². The van der Waals surface area contributed by atoms with E-state index in [0.29, 0.717) is 12.1 Å². The van der Waals surface area contributed by atoms with Crippen LogP contribution in [0.25, 0.3) is 0 Å². The molecule has 0 radical (unpaired) electrons. The average molecular weight is 154 g/mol. The fourth-order valence-corrected chi connectivity index (χ4v) is 0.909. The van der Waals surface area contributed by atoms with E-state index in [0.717, 1.165) is 0 Å². The zero-order valence-corrected chi connectivity index (χ0v) is 6.29. The zero-order valence-electron chi connectivity index (χ0n) is 6.29. The highest BCUT2D eigenvalue weighted by Crippen LogP contribution is 2.10. The van der Waals surface area contributed by atoms with Gasteiger partial charge in [-0.3, -0.25) is 9.55 Å². The molecule has 0 spiro atoms. The van der Waals surface area contributed by atoms with E-state index in [9.17, 15) is 4.79 Å². The van der Waals surface area contributed by atoms with E-state index >= 15 is 0 Å². The van der Waals surface area contributed by atoms with Gasteiger partial charge in [0.2, 0.25) is 5.88 Å². The predicted molar refractivity (Wildman–Crippen MR) is 41.6 cm³/mol. The Hall–Kier alpha value is -1.45. The van der Waals surface area contributed by atoms with Gasteiger partial charge in [-0.15, -0.1) is 6.58 Å². The number of hydrogen-bond acceptors (Lipinski definition) is 2. The molecule has 0 aromatic carbocycles. The summed E-state index contributed by atoms with van der Waals surface area (Å²) in [6.07, 6.45) is 2.11. The van der Waals surface area contributed by atoms with Crippen LogP contribution in [-0.2, 0) is 13.5 Å². The Balaban J connectivity index is 3.22. The lowest BCUT2D eigenvalue weighted by Crippen LogP contribution is -2.14. The molecule has 0 saturated heterocycles. The molecule has 1 aromatic heterocycles.